The molecule has 0 saturated heterocycles. The molecule has 0 unspecified atom stereocenters. The highest BCUT2D eigenvalue weighted by Crippen LogP contribution is 2.07. The summed E-state index contributed by atoms with van der Waals surface area (Å²) >= 11 is 0. The molecule has 0 atom stereocenters. The Morgan fingerprint density at radius 1 is 1.55 bits per heavy atom. The molecule has 2 N–H and O–H groups in total. The zero-order chi connectivity index (χ0) is 7.68. The van der Waals surface area contributed by atoms with Crippen molar-refractivity contribution in [1.82, 2.24) is 15.1 Å². The zero-order valence-corrected chi connectivity index (χ0v) is 5.50. The molecule has 56 valence electrons. The summed E-state index contributed by atoms with van der Waals surface area (Å²) in [7, 11) is 0. The van der Waals surface area contributed by atoms with E-state index in [1.54, 1.807) is 12.3 Å². The van der Waals surface area contributed by atoms with Crippen molar-refractivity contribution in [2.24, 2.45) is 0 Å². The van der Waals surface area contributed by atoms with Gasteiger partial charge in [0.05, 0.1) is 5.69 Å². The highest BCUT2D eigenvalue weighted by molar-refractivity contribution is 5.47. The minimum absolute atomic E-state index is 0.417. The second-order valence-corrected chi connectivity index (χ2v) is 2.03. The van der Waals surface area contributed by atoms with Crippen LogP contribution in [-0.2, 0) is 0 Å². The Hall–Kier alpha value is -1.78. The van der Waals surface area contributed by atoms with Crippen molar-refractivity contribution in [3.05, 3.63) is 28.9 Å². The first kappa shape index (κ1) is 5.96. The quantitative estimate of drug-likeness (QED) is 0.617. The molecule has 0 aliphatic rings. The lowest BCUT2D eigenvalue weighted by Crippen LogP contribution is -1.94. The lowest BCUT2D eigenvalue weighted by molar-refractivity contribution is 0.388. The zero-order valence-electron chi connectivity index (χ0n) is 5.50. The lowest BCUT2D eigenvalue weighted by Gasteiger charge is -1.83. The average Bonchev–Trinajstić information content (AvgIpc) is 2.55. The van der Waals surface area contributed by atoms with Crippen LogP contribution in [0, 0.1) is 0 Å². The maximum absolute atomic E-state index is 10.5. The van der Waals surface area contributed by atoms with Crippen molar-refractivity contribution >= 4 is 0 Å². The summed E-state index contributed by atoms with van der Waals surface area (Å²) in [4.78, 5) is 15.8. The van der Waals surface area contributed by atoms with E-state index in [1.165, 1.54) is 0 Å². The normalized spacial score (nSPS) is 10.2. The molecule has 2 heterocycles. The van der Waals surface area contributed by atoms with E-state index in [9.17, 15) is 4.79 Å². The number of rotatable bonds is 1. The highest BCUT2D eigenvalue weighted by atomic mass is 16.5. The van der Waals surface area contributed by atoms with E-state index in [0.29, 0.717) is 5.82 Å². The van der Waals surface area contributed by atoms with Gasteiger partial charge in [-0.25, -0.2) is 4.79 Å². The summed E-state index contributed by atoms with van der Waals surface area (Å²) in [6.07, 6.45) is 1.74. The molecule has 2 aromatic heterocycles. The summed E-state index contributed by atoms with van der Waals surface area (Å²) < 4.78 is 4.31. The van der Waals surface area contributed by atoms with Crippen molar-refractivity contribution in [2.75, 3.05) is 0 Å². The van der Waals surface area contributed by atoms with E-state index in [4.69, 9.17) is 0 Å². The van der Waals surface area contributed by atoms with Crippen LogP contribution >= 0.6 is 0 Å². The fourth-order valence-electron chi connectivity index (χ4n) is 0.824. The van der Waals surface area contributed by atoms with Crippen molar-refractivity contribution in [3.8, 4) is 11.5 Å². The Morgan fingerprint density at radius 2 is 2.45 bits per heavy atom. The monoisotopic (exact) mass is 151 g/mol. The van der Waals surface area contributed by atoms with Gasteiger partial charge in [0.1, 0.15) is 0 Å². The third kappa shape index (κ3) is 0.958. The molecule has 11 heavy (non-hydrogen) atoms. The Kier molecular flexibility index (Phi) is 1.15. The molecule has 0 radical (unpaired) electrons. The van der Waals surface area contributed by atoms with Gasteiger partial charge in [-0.05, 0) is 12.1 Å². The molecule has 0 fully saturated rings. The molecule has 0 aliphatic heterocycles. The Labute approximate surface area is 61.0 Å². The standard InChI is InChI=1S/C6H5N3O2/c10-6-8-5(9-11-6)4-2-1-3-7-4/h1-3,7H,(H,8,9,10). The van der Waals surface area contributed by atoms with Gasteiger partial charge in [0, 0.05) is 6.20 Å². The molecule has 0 spiro atoms. The van der Waals surface area contributed by atoms with E-state index in [2.05, 4.69) is 19.6 Å². The van der Waals surface area contributed by atoms with Gasteiger partial charge >= 0.3 is 5.76 Å². The third-order valence-electron chi connectivity index (χ3n) is 1.29. The van der Waals surface area contributed by atoms with Crippen molar-refractivity contribution in [3.63, 3.8) is 0 Å². The summed E-state index contributed by atoms with van der Waals surface area (Å²) in [6, 6.07) is 3.59. The van der Waals surface area contributed by atoms with Gasteiger partial charge in [0.15, 0.2) is 5.82 Å². The van der Waals surface area contributed by atoms with Crippen LogP contribution in [0.15, 0.2) is 27.6 Å². The number of aromatic amines is 2. The molecule has 0 aliphatic carbocycles. The lowest BCUT2D eigenvalue weighted by atomic mass is 10.4. The molecule has 2 rings (SSSR count). The Bertz CT molecular complexity index is 384. The van der Waals surface area contributed by atoms with Crippen LogP contribution in [0.25, 0.3) is 11.5 Å². The maximum Gasteiger partial charge on any atom is 0.439 e. The fourth-order valence-corrected chi connectivity index (χ4v) is 0.824. The van der Waals surface area contributed by atoms with Crippen LogP contribution in [0.2, 0.25) is 0 Å². The minimum Gasteiger partial charge on any atom is -0.359 e. The van der Waals surface area contributed by atoms with Crippen LogP contribution in [0.5, 0.6) is 0 Å². The topological polar surface area (TPSA) is 74.7 Å². The summed E-state index contributed by atoms with van der Waals surface area (Å²) in [5.41, 5.74) is 0.732. The van der Waals surface area contributed by atoms with Crippen LogP contribution < -0.4 is 5.76 Å². The van der Waals surface area contributed by atoms with Crippen molar-refractivity contribution in [1.29, 1.82) is 0 Å². The van der Waals surface area contributed by atoms with Gasteiger partial charge < -0.3 is 4.98 Å². The van der Waals surface area contributed by atoms with Gasteiger partial charge in [0.2, 0.25) is 0 Å². The summed E-state index contributed by atoms with van der Waals surface area (Å²) in [5.74, 6) is -0.130. The number of H-pyrrole nitrogens is 2. The first-order chi connectivity index (χ1) is 5.36. The molecule has 0 amide bonds. The van der Waals surface area contributed by atoms with Gasteiger partial charge in [0.25, 0.3) is 0 Å². The van der Waals surface area contributed by atoms with Gasteiger partial charge in [-0.2, -0.15) is 0 Å². The summed E-state index contributed by atoms with van der Waals surface area (Å²) in [5, 5.41) is 3.48. The molecular formula is C6H5N3O2. The molecule has 0 aromatic carbocycles. The predicted molar refractivity (Wildman–Crippen MR) is 36.9 cm³/mol. The van der Waals surface area contributed by atoms with Crippen molar-refractivity contribution in [2.45, 2.75) is 0 Å². The van der Waals surface area contributed by atoms with E-state index in [1.807, 2.05) is 6.07 Å². The Morgan fingerprint density at radius 3 is 3.00 bits per heavy atom. The van der Waals surface area contributed by atoms with Crippen LogP contribution in [0.3, 0.4) is 0 Å². The molecule has 5 nitrogen and oxygen atoms in total. The van der Waals surface area contributed by atoms with Gasteiger partial charge in [-0.1, -0.05) is 5.16 Å². The van der Waals surface area contributed by atoms with Crippen LogP contribution in [-0.4, -0.2) is 15.1 Å². The fraction of sp³-hybridized carbons (Fsp3) is 0. The van der Waals surface area contributed by atoms with Crippen LogP contribution in [0.1, 0.15) is 0 Å². The smallest absolute Gasteiger partial charge is 0.359 e. The number of nitrogens with zero attached hydrogens (tertiary/aromatic N) is 1. The van der Waals surface area contributed by atoms with E-state index >= 15 is 0 Å². The molecule has 2 aromatic rings. The number of aromatic nitrogens is 3. The Balaban J connectivity index is 2.53. The van der Waals surface area contributed by atoms with E-state index < -0.39 is 5.76 Å². The number of hydrogen-bond donors (Lipinski definition) is 2. The summed E-state index contributed by atoms with van der Waals surface area (Å²) in [6.45, 7) is 0. The minimum atomic E-state index is -0.547. The van der Waals surface area contributed by atoms with E-state index in [-0.39, 0.29) is 0 Å². The second-order valence-electron chi connectivity index (χ2n) is 2.03. The van der Waals surface area contributed by atoms with Crippen molar-refractivity contribution < 1.29 is 4.52 Å². The first-order valence-corrected chi connectivity index (χ1v) is 3.06. The average molecular weight is 151 g/mol. The molecule has 5 heteroatoms. The predicted octanol–water partition coefficient (Wildman–Crippen LogP) is 0.358. The van der Waals surface area contributed by atoms with E-state index in [0.717, 1.165) is 5.69 Å². The molecular weight excluding hydrogens is 146 g/mol. The maximum atomic E-state index is 10.5. The molecule has 0 bridgehead atoms. The second kappa shape index (κ2) is 2.12. The first-order valence-electron chi connectivity index (χ1n) is 3.06. The molecule has 0 saturated carbocycles. The largest absolute Gasteiger partial charge is 0.439 e. The van der Waals surface area contributed by atoms with Gasteiger partial charge in [-0.15, -0.1) is 0 Å². The third-order valence-corrected chi connectivity index (χ3v) is 1.29. The van der Waals surface area contributed by atoms with Crippen LogP contribution in [0.4, 0.5) is 0 Å². The number of hydrogen-bond acceptors (Lipinski definition) is 3. The number of nitrogens with one attached hydrogen (secondary N) is 2. The van der Waals surface area contributed by atoms with Gasteiger partial charge in [-0.3, -0.25) is 9.51 Å². The highest BCUT2D eigenvalue weighted by Gasteiger charge is 2.02. The SMILES string of the molecule is O=c1[nH]c(-c2ccc[nH]2)no1.